The van der Waals surface area contributed by atoms with Crippen LogP contribution in [-0.4, -0.2) is 34.4 Å². The average molecular weight is 265 g/mol. The molecule has 0 aliphatic carbocycles. The maximum absolute atomic E-state index is 13.7. The summed E-state index contributed by atoms with van der Waals surface area (Å²) < 4.78 is 13.7. The average Bonchev–Trinajstić information content (AvgIpc) is 2.89. The fourth-order valence-corrected chi connectivity index (χ4v) is 2.34. The Morgan fingerprint density at radius 1 is 1.58 bits per heavy atom. The molecular formula is C13H16FN3O2. The molecule has 102 valence electrons. The Kier molecular flexibility index (Phi) is 3.69. The molecule has 3 N–H and O–H groups in total. The van der Waals surface area contributed by atoms with Crippen LogP contribution in [0.3, 0.4) is 0 Å². The van der Waals surface area contributed by atoms with Gasteiger partial charge in [-0.1, -0.05) is 16.8 Å². The van der Waals surface area contributed by atoms with E-state index in [1.54, 1.807) is 13.0 Å². The molecule has 1 aromatic rings. The number of halogens is 1. The van der Waals surface area contributed by atoms with Crippen LogP contribution in [0, 0.1) is 12.7 Å². The number of carbonyl (C=O) groups is 1. The van der Waals surface area contributed by atoms with E-state index in [1.807, 2.05) is 0 Å². The van der Waals surface area contributed by atoms with Crippen LogP contribution in [-0.2, 0) is 0 Å². The van der Waals surface area contributed by atoms with E-state index >= 15 is 0 Å². The van der Waals surface area contributed by atoms with Crippen LogP contribution in [0.4, 0.5) is 4.39 Å². The lowest BCUT2D eigenvalue weighted by Crippen LogP contribution is -2.44. The van der Waals surface area contributed by atoms with Gasteiger partial charge >= 0.3 is 0 Å². The summed E-state index contributed by atoms with van der Waals surface area (Å²) in [5.74, 6) is -0.991. The molecule has 19 heavy (non-hydrogen) atoms. The minimum atomic E-state index is -0.555. The predicted molar refractivity (Wildman–Crippen MR) is 68.6 cm³/mol. The van der Waals surface area contributed by atoms with Crippen LogP contribution in [0.15, 0.2) is 23.4 Å². The van der Waals surface area contributed by atoms with E-state index in [0.29, 0.717) is 13.0 Å². The Bertz CT molecular complexity index is 531. The van der Waals surface area contributed by atoms with Gasteiger partial charge in [0.15, 0.2) is 5.84 Å². The number of benzene rings is 1. The van der Waals surface area contributed by atoms with Gasteiger partial charge in [-0.15, -0.1) is 0 Å². The van der Waals surface area contributed by atoms with Gasteiger partial charge in [0.05, 0.1) is 11.6 Å². The van der Waals surface area contributed by atoms with Crippen molar-refractivity contribution in [3.8, 4) is 0 Å². The molecule has 1 amide bonds. The zero-order valence-corrected chi connectivity index (χ0v) is 10.6. The second-order valence-corrected chi connectivity index (χ2v) is 4.66. The van der Waals surface area contributed by atoms with Gasteiger partial charge in [-0.3, -0.25) is 4.79 Å². The number of nitrogens with two attached hydrogens (primary N) is 1. The molecule has 0 aromatic heterocycles. The quantitative estimate of drug-likeness (QED) is 0.368. The van der Waals surface area contributed by atoms with Crippen molar-refractivity contribution >= 4 is 11.7 Å². The molecule has 1 fully saturated rings. The summed E-state index contributed by atoms with van der Waals surface area (Å²) in [5.41, 5.74) is 6.40. The zero-order valence-electron chi connectivity index (χ0n) is 10.6. The molecule has 0 bridgehead atoms. The Morgan fingerprint density at radius 3 is 3.00 bits per heavy atom. The van der Waals surface area contributed by atoms with E-state index < -0.39 is 17.8 Å². The molecule has 1 aromatic carbocycles. The molecule has 1 heterocycles. The second kappa shape index (κ2) is 5.26. The van der Waals surface area contributed by atoms with Crippen molar-refractivity contribution in [1.29, 1.82) is 0 Å². The van der Waals surface area contributed by atoms with Crippen molar-refractivity contribution in [1.82, 2.24) is 4.90 Å². The Morgan fingerprint density at radius 2 is 2.32 bits per heavy atom. The maximum atomic E-state index is 13.7. The first-order chi connectivity index (χ1) is 9.04. The van der Waals surface area contributed by atoms with E-state index in [1.165, 1.54) is 17.0 Å². The minimum absolute atomic E-state index is 0.0149. The second-order valence-electron chi connectivity index (χ2n) is 4.66. The van der Waals surface area contributed by atoms with Crippen LogP contribution < -0.4 is 5.73 Å². The van der Waals surface area contributed by atoms with Crippen molar-refractivity contribution < 1.29 is 14.4 Å². The van der Waals surface area contributed by atoms with Crippen LogP contribution in [0.1, 0.15) is 28.8 Å². The van der Waals surface area contributed by atoms with E-state index in [2.05, 4.69) is 5.16 Å². The highest BCUT2D eigenvalue weighted by atomic mass is 19.1. The van der Waals surface area contributed by atoms with Gasteiger partial charge in [0.25, 0.3) is 5.91 Å². The molecule has 2 rings (SSSR count). The van der Waals surface area contributed by atoms with Gasteiger partial charge in [-0.25, -0.2) is 4.39 Å². The third-order valence-electron chi connectivity index (χ3n) is 3.32. The van der Waals surface area contributed by atoms with E-state index in [9.17, 15) is 9.18 Å². The van der Waals surface area contributed by atoms with E-state index in [-0.39, 0.29) is 11.4 Å². The zero-order chi connectivity index (χ0) is 14.0. The third-order valence-corrected chi connectivity index (χ3v) is 3.32. The summed E-state index contributed by atoms with van der Waals surface area (Å²) in [4.78, 5) is 13.8. The molecule has 1 atom stereocenters. The van der Waals surface area contributed by atoms with Crippen LogP contribution >= 0.6 is 0 Å². The monoisotopic (exact) mass is 265 g/mol. The summed E-state index contributed by atoms with van der Waals surface area (Å²) in [7, 11) is 0. The number of nitrogens with zero attached hydrogens (tertiary/aromatic N) is 2. The van der Waals surface area contributed by atoms with Crippen molar-refractivity contribution in [3.63, 3.8) is 0 Å². The Labute approximate surface area is 110 Å². The van der Waals surface area contributed by atoms with Crippen molar-refractivity contribution in [2.24, 2.45) is 10.9 Å². The highest BCUT2D eigenvalue weighted by Gasteiger charge is 2.33. The number of oxime groups is 1. The lowest BCUT2D eigenvalue weighted by Gasteiger charge is -2.23. The maximum Gasteiger partial charge on any atom is 0.257 e. The molecule has 5 nitrogen and oxygen atoms in total. The summed E-state index contributed by atoms with van der Waals surface area (Å²) in [6, 6.07) is 3.94. The number of hydrogen-bond acceptors (Lipinski definition) is 3. The number of hydrogen-bond donors (Lipinski definition) is 2. The Balaban J connectivity index is 2.31. The molecule has 0 radical (unpaired) electrons. The summed E-state index contributed by atoms with van der Waals surface area (Å²) >= 11 is 0. The SMILES string of the molecule is Cc1ccc(F)c(C(=O)N2CCCC2C(N)=NO)c1. The third kappa shape index (κ3) is 2.52. The molecule has 1 aliphatic rings. The fraction of sp³-hybridized carbons (Fsp3) is 0.385. The number of rotatable bonds is 2. The largest absolute Gasteiger partial charge is 0.409 e. The van der Waals surface area contributed by atoms with E-state index in [0.717, 1.165) is 12.0 Å². The molecule has 6 heteroatoms. The standard InChI is InChI=1S/C13H16FN3O2/c1-8-4-5-10(14)9(7-8)13(18)17-6-2-3-11(17)12(15)16-19/h4-5,7,11,19H,2-3,6H2,1H3,(H2,15,16). The van der Waals surface area contributed by atoms with Gasteiger partial charge in [-0.05, 0) is 31.9 Å². The molecule has 1 unspecified atom stereocenters. The van der Waals surface area contributed by atoms with Gasteiger partial charge in [0.2, 0.25) is 0 Å². The summed E-state index contributed by atoms with van der Waals surface area (Å²) in [6.07, 6.45) is 1.37. The van der Waals surface area contributed by atoms with Crippen molar-refractivity contribution in [3.05, 3.63) is 35.1 Å². The first kappa shape index (κ1) is 13.3. The molecule has 0 saturated carbocycles. The van der Waals surface area contributed by atoms with Crippen LogP contribution in [0.2, 0.25) is 0 Å². The summed E-state index contributed by atoms with van der Waals surface area (Å²) in [6.45, 7) is 2.27. The number of amidine groups is 1. The number of amides is 1. The first-order valence-corrected chi connectivity index (χ1v) is 6.09. The molecular weight excluding hydrogens is 249 g/mol. The van der Waals surface area contributed by atoms with Crippen molar-refractivity contribution in [2.45, 2.75) is 25.8 Å². The predicted octanol–water partition coefficient (Wildman–Crippen LogP) is 1.49. The summed E-state index contributed by atoms with van der Waals surface area (Å²) in [5, 5.41) is 11.7. The van der Waals surface area contributed by atoms with Gasteiger partial charge in [0, 0.05) is 6.54 Å². The normalized spacial score (nSPS) is 19.8. The highest BCUT2D eigenvalue weighted by molar-refractivity contribution is 5.99. The smallest absolute Gasteiger partial charge is 0.257 e. The van der Waals surface area contributed by atoms with Crippen LogP contribution in [0.25, 0.3) is 0 Å². The Hall–Kier alpha value is -2.11. The lowest BCUT2D eigenvalue weighted by atomic mass is 10.1. The lowest BCUT2D eigenvalue weighted by molar-refractivity contribution is 0.0763. The number of likely N-dealkylation sites (tertiary alicyclic amines) is 1. The van der Waals surface area contributed by atoms with Crippen molar-refractivity contribution in [2.75, 3.05) is 6.54 Å². The van der Waals surface area contributed by atoms with Gasteiger partial charge < -0.3 is 15.8 Å². The minimum Gasteiger partial charge on any atom is -0.409 e. The fourth-order valence-electron chi connectivity index (χ4n) is 2.34. The molecule has 1 aliphatic heterocycles. The molecule has 1 saturated heterocycles. The first-order valence-electron chi connectivity index (χ1n) is 6.09. The number of carbonyl (C=O) groups excluding carboxylic acids is 1. The number of aryl methyl sites for hydroxylation is 1. The van der Waals surface area contributed by atoms with Gasteiger partial charge in [-0.2, -0.15) is 0 Å². The van der Waals surface area contributed by atoms with E-state index in [4.69, 9.17) is 10.9 Å². The topological polar surface area (TPSA) is 78.9 Å². The highest BCUT2D eigenvalue weighted by Crippen LogP contribution is 2.22. The molecule has 0 spiro atoms. The van der Waals surface area contributed by atoms with Gasteiger partial charge in [0.1, 0.15) is 5.82 Å². The van der Waals surface area contributed by atoms with Crippen LogP contribution in [0.5, 0.6) is 0 Å².